The number of hydrogen-bond donors (Lipinski definition) is 1. The third-order valence-electron chi connectivity index (χ3n) is 2.71. The van der Waals surface area contributed by atoms with Crippen molar-refractivity contribution in [1.29, 1.82) is 0 Å². The first-order chi connectivity index (χ1) is 8.58. The smallest absolute Gasteiger partial charge is 0.0962 e. The summed E-state index contributed by atoms with van der Waals surface area (Å²) in [6.07, 6.45) is 0. The van der Waals surface area contributed by atoms with Gasteiger partial charge in [-0.1, -0.05) is 52.3 Å². The summed E-state index contributed by atoms with van der Waals surface area (Å²) in [5.74, 6) is 0.632. The maximum atomic E-state index is 10.5. The monoisotopic (exact) mass is 322 g/mol. The average molecular weight is 323 g/mol. The molecular weight excluding hydrogens is 308 g/mol. The molecule has 1 atom stereocenters. The van der Waals surface area contributed by atoms with Crippen molar-refractivity contribution in [3.05, 3.63) is 64.6 Å². The van der Waals surface area contributed by atoms with Gasteiger partial charge in [0.05, 0.1) is 5.60 Å². The number of aliphatic hydroxyl groups is 1. The Bertz CT molecular complexity index is 511. The van der Waals surface area contributed by atoms with Gasteiger partial charge >= 0.3 is 0 Å². The van der Waals surface area contributed by atoms with E-state index >= 15 is 0 Å². The van der Waals surface area contributed by atoms with Crippen molar-refractivity contribution in [3.63, 3.8) is 0 Å². The lowest BCUT2D eigenvalue weighted by Gasteiger charge is -2.23. The zero-order valence-corrected chi connectivity index (χ0v) is 12.5. The number of hydrogen-bond acceptors (Lipinski definition) is 2. The van der Waals surface area contributed by atoms with E-state index in [0.29, 0.717) is 5.75 Å². The quantitative estimate of drug-likeness (QED) is 0.839. The Hall–Kier alpha value is -0.770. The van der Waals surface area contributed by atoms with Gasteiger partial charge in [-0.15, -0.1) is 11.8 Å². The molecule has 2 rings (SSSR count). The highest BCUT2D eigenvalue weighted by Crippen LogP contribution is 2.30. The Kier molecular flexibility index (Phi) is 4.49. The highest BCUT2D eigenvalue weighted by Gasteiger charge is 2.22. The summed E-state index contributed by atoms with van der Waals surface area (Å²) < 4.78 is 1.06. The minimum Gasteiger partial charge on any atom is -0.385 e. The van der Waals surface area contributed by atoms with Gasteiger partial charge < -0.3 is 5.11 Å². The summed E-state index contributed by atoms with van der Waals surface area (Å²) in [4.78, 5) is 1.15. The normalized spacial score (nSPS) is 14.2. The van der Waals surface area contributed by atoms with E-state index in [2.05, 4.69) is 28.1 Å². The zero-order chi connectivity index (χ0) is 13.0. The standard InChI is InChI=1S/C15H15BrOS/c1-15(17,12-6-3-2-4-7-12)11-18-14-9-5-8-13(16)10-14/h2-10,17H,11H2,1H3. The van der Waals surface area contributed by atoms with E-state index in [-0.39, 0.29) is 0 Å². The first kappa shape index (κ1) is 13.7. The fourth-order valence-corrected chi connectivity index (χ4v) is 3.21. The minimum absolute atomic E-state index is 0.632. The lowest BCUT2D eigenvalue weighted by Crippen LogP contribution is -2.24. The van der Waals surface area contributed by atoms with Gasteiger partial charge in [0.15, 0.2) is 0 Å². The molecule has 0 spiro atoms. The van der Waals surface area contributed by atoms with Crippen molar-refractivity contribution >= 4 is 27.7 Å². The molecule has 3 heteroatoms. The number of halogens is 1. The van der Waals surface area contributed by atoms with Crippen molar-refractivity contribution in [1.82, 2.24) is 0 Å². The third-order valence-corrected chi connectivity index (χ3v) is 4.50. The Morgan fingerprint density at radius 1 is 1.11 bits per heavy atom. The molecule has 0 bridgehead atoms. The Morgan fingerprint density at radius 3 is 2.50 bits per heavy atom. The van der Waals surface area contributed by atoms with Crippen LogP contribution in [0, 0.1) is 0 Å². The molecule has 0 saturated heterocycles. The predicted molar refractivity (Wildman–Crippen MR) is 80.9 cm³/mol. The Labute approximate surface area is 120 Å². The van der Waals surface area contributed by atoms with Crippen LogP contribution < -0.4 is 0 Å². The molecule has 0 saturated carbocycles. The van der Waals surface area contributed by atoms with E-state index in [9.17, 15) is 5.11 Å². The van der Waals surface area contributed by atoms with Gasteiger partial charge in [0, 0.05) is 15.1 Å². The van der Waals surface area contributed by atoms with E-state index in [0.717, 1.165) is 14.9 Å². The molecule has 0 heterocycles. The highest BCUT2D eigenvalue weighted by atomic mass is 79.9. The van der Waals surface area contributed by atoms with Crippen LogP contribution in [0.1, 0.15) is 12.5 Å². The van der Waals surface area contributed by atoms with Crippen LogP contribution in [0.3, 0.4) is 0 Å². The molecular formula is C15H15BrOS. The number of thioether (sulfide) groups is 1. The van der Waals surface area contributed by atoms with Gasteiger partial charge in [-0.3, -0.25) is 0 Å². The third kappa shape index (κ3) is 3.61. The molecule has 1 unspecified atom stereocenters. The van der Waals surface area contributed by atoms with Crippen LogP contribution in [-0.2, 0) is 5.60 Å². The van der Waals surface area contributed by atoms with Crippen LogP contribution >= 0.6 is 27.7 Å². The molecule has 94 valence electrons. The van der Waals surface area contributed by atoms with Crippen LogP contribution in [0.25, 0.3) is 0 Å². The second kappa shape index (κ2) is 5.91. The number of rotatable bonds is 4. The summed E-state index contributed by atoms with van der Waals surface area (Å²) >= 11 is 5.11. The zero-order valence-electron chi connectivity index (χ0n) is 10.1. The first-order valence-corrected chi connectivity index (χ1v) is 7.52. The summed E-state index contributed by atoms with van der Waals surface area (Å²) in [5.41, 5.74) is 0.140. The summed E-state index contributed by atoms with van der Waals surface area (Å²) in [5, 5.41) is 10.5. The Morgan fingerprint density at radius 2 is 1.83 bits per heavy atom. The second-order valence-corrected chi connectivity index (χ2v) is 6.35. The maximum absolute atomic E-state index is 10.5. The van der Waals surface area contributed by atoms with Crippen molar-refractivity contribution in [2.24, 2.45) is 0 Å². The van der Waals surface area contributed by atoms with Crippen LogP contribution in [0.4, 0.5) is 0 Å². The molecule has 0 aliphatic rings. The van der Waals surface area contributed by atoms with E-state index < -0.39 is 5.60 Å². The first-order valence-electron chi connectivity index (χ1n) is 5.74. The van der Waals surface area contributed by atoms with Gasteiger partial charge in [-0.25, -0.2) is 0 Å². The van der Waals surface area contributed by atoms with Gasteiger partial charge in [0.25, 0.3) is 0 Å². The topological polar surface area (TPSA) is 20.2 Å². The second-order valence-electron chi connectivity index (χ2n) is 4.39. The molecule has 0 aromatic heterocycles. The van der Waals surface area contributed by atoms with Gasteiger partial charge in [-0.2, -0.15) is 0 Å². The molecule has 0 radical (unpaired) electrons. The van der Waals surface area contributed by atoms with Crippen molar-refractivity contribution in [2.45, 2.75) is 17.4 Å². The van der Waals surface area contributed by atoms with Gasteiger partial charge in [0.2, 0.25) is 0 Å². The van der Waals surface area contributed by atoms with E-state index in [1.165, 1.54) is 0 Å². The SMILES string of the molecule is CC(O)(CSc1cccc(Br)c1)c1ccccc1. The predicted octanol–water partition coefficient (Wildman–Crippen LogP) is 4.45. The summed E-state index contributed by atoms with van der Waals surface area (Å²) in [6, 6.07) is 17.9. The summed E-state index contributed by atoms with van der Waals surface area (Å²) in [6.45, 7) is 1.85. The lowest BCUT2D eigenvalue weighted by molar-refractivity contribution is 0.0839. The van der Waals surface area contributed by atoms with E-state index in [4.69, 9.17) is 0 Å². The largest absolute Gasteiger partial charge is 0.385 e. The fraction of sp³-hybridized carbons (Fsp3) is 0.200. The highest BCUT2D eigenvalue weighted by molar-refractivity contribution is 9.10. The molecule has 2 aromatic rings. The lowest BCUT2D eigenvalue weighted by atomic mass is 9.99. The van der Waals surface area contributed by atoms with Gasteiger partial charge in [0.1, 0.15) is 0 Å². The molecule has 0 fully saturated rings. The molecule has 2 aromatic carbocycles. The van der Waals surface area contributed by atoms with E-state index in [1.807, 2.05) is 49.4 Å². The van der Waals surface area contributed by atoms with Crippen LogP contribution in [0.2, 0.25) is 0 Å². The molecule has 1 nitrogen and oxygen atoms in total. The van der Waals surface area contributed by atoms with Crippen molar-refractivity contribution in [3.8, 4) is 0 Å². The van der Waals surface area contributed by atoms with E-state index in [1.54, 1.807) is 11.8 Å². The van der Waals surface area contributed by atoms with Crippen molar-refractivity contribution in [2.75, 3.05) is 5.75 Å². The molecule has 18 heavy (non-hydrogen) atoms. The van der Waals surface area contributed by atoms with Crippen molar-refractivity contribution < 1.29 is 5.11 Å². The van der Waals surface area contributed by atoms with Crippen LogP contribution in [-0.4, -0.2) is 10.9 Å². The number of benzene rings is 2. The molecule has 1 N–H and O–H groups in total. The van der Waals surface area contributed by atoms with Crippen LogP contribution in [0.5, 0.6) is 0 Å². The molecule has 0 aliphatic heterocycles. The molecule has 0 amide bonds. The molecule has 0 aliphatic carbocycles. The maximum Gasteiger partial charge on any atom is 0.0962 e. The average Bonchev–Trinajstić information content (AvgIpc) is 2.38. The van der Waals surface area contributed by atoms with Crippen LogP contribution in [0.15, 0.2) is 64.0 Å². The fourth-order valence-electron chi connectivity index (χ4n) is 1.66. The Balaban J connectivity index is 2.05. The minimum atomic E-state index is -0.811. The summed E-state index contributed by atoms with van der Waals surface area (Å²) in [7, 11) is 0. The van der Waals surface area contributed by atoms with Gasteiger partial charge in [-0.05, 0) is 30.7 Å².